The lowest BCUT2D eigenvalue weighted by molar-refractivity contribution is 0.397. The third-order valence-electron chi connectivity index (χ3n) is 4.44. The molecule has 0 radical (unpaired) electrons. The van der Waals surface area contributed by atoms with Crippen LogP contribution in [-0.2, 0) is 23.1 Å². The molecule has 0 unspecified atom stereocenters. The number of hydrogen-bond donors (Lipinski definition) is 1. The quantitative estimate of drug-likeness (QED) is 0.651. The Balaban J connectivity index is 2.54. The number of hydrogen-bond acceptors (Lipinski definition) is 7. The van der Waals surface area contributed by atoms with Crippen molar-refractivity contribution in [1.82, 2.24) is 13.4 Å². The van der Waals surface area contributed by atoms with Gasteiger partial charge in [0.05, 0.1) is 10.6 Å². The average Bonchev–Trinajstić information content (AvgIpc) is 2.69. The molecule has 1 aromatic heterocycles. The second-order valence-electron chi connectivity index (χ2n) is 6.04. The Morgan fingerprint density at radius 2 is 1.62 bits per heavy atom. The minimum absolute atomic E-state index is 0.0476. The second kappa shape index (κ2) is 9.14. The molecule has 0 aliphatic heterocycles. The molecule has 0 saturated heterocycles. The molecule has 0 aliphatic carbocycles. The van der Waals surface area contributed by atoms with Crippen LogP contribution in [0.2, 0.25) is 0 Å². The van der Waals surface area contributed by atoms with E-state index in [1.165, 1.54) is 28.6 Å². The molecule has 1 N–H and O–H groups in total. The van der Waals surface area contributed by atoms with Crippen LogP contribution in [0.4, 0.5) is 11.4 Å². The number of azo groups is 1. The smallest absolute Gasteiger partial charge is 0.333 e. The molecule has 158 valence electrons. The van der Waals surface area contributed by atoms with Gasteiger partial charge in [0, 0.05) is 26.2 Å². The van der Waals surface area contributed by atoms with Crippen molar-refractivity contribution in [3.63, 3.8) is 0 Å². The molecule has 0 aliphatic rings. The predicted molar refractivity (Wildman–Crippen MR) is 109 cm³/mol. The zero-order valence-corrected chi connectivity index (χ0v) is 17.7. The average molecular weight is 423 g/mol. The van der Waals surface area contributed by atoms with E-state index in [4.69, 9.17) is 0 Å². The van der Waals surface area contributed by atoms with Crippen LogP contribution in [-0.4, -0.2) is 40.1 Å². The van der Waals surface area contributed by atoms with Gasteiger partial charge in [0.25, 0.3) is 5.56 Å². The van der Waals surface area contributed by atoms with Crippen LogP contribution < -0.4 is 11.2 Å². The van der Waals surface area contributed by atoms with E-state index in [-0.39, 0.29) is 29.4 Å². The molecular weight excluding hydrogens is 398 g/mol. The fourth-order valence-corrected chi connectivity index (χ4v) is 4.35. The van der Waals surface area contributed by atoms with Crippen LogP contribution in [0.15, 0.2) is 49.0 Å². The normalized spacial score (nSPS) is 12.2. The molecule has 2 aromatic rings. The van der Waals surface area contributed by atoms with Crippen molar-refractivity contribution in [2.75, 3.05) is 13.1 Å². The monoisotopic (exact) mass is 423 g/mol. The third kappa shape index (κ3) is 4.30. The van der Waals surface area contributed by atoms with E-state index in [2.05, 4.69) is 10.2 Å². The highest BCUT2D eigenvalue weighted by Gasteiger charge is 2.22. The number of aromatic hydroxyl groups is 1. The van der Waals surface area contributed by atoms with Gasteiger partial charge in [-0.05, 0) is 32.0 Å². The summed E-state index contributed by atoms with van der Waals surface area (Å²) in [6, 6.07) is 5.83. The van der Waals surface area contributed by atoms with Crippen molar-refractivity contribution in [2.45, 2.75) is 45.7 Å². The maximum Gasteiger partial charge on any atom is 0.333 e. The Bertz CT molecular complexity index is 1130. The summed E-state index contributed by atoms with van der Waals surface area (Å²) >= 11 is 0. The molecule has 0 saturated carbocycles. The molecule has 1 aromatic carbocycles. The standard InChI is InChI=1S/C18H25N5O5S/c1-5-21(6-2)29(27,28)14-11-9-10-13(12-14)19-20-15-16(24)22(7-3)18(26)23(8-4)17(15)25/h9-12,24H,5-8H2,1-4H3. The molecule has 11 heteroatoms. The molecule has 10 nitrogen and oxygen atoms in total. The van der Waals surface area contributed by atoms with Crippen LogP contribution in [0, 0.1) is 0 Å². The van der Waals surface area contributed by atoms with Gasteiger partial charge in [0.15, 0.2) is 0 Å². The number of sulfonamides is 1. The maximum absolute atomic E-state index is 12.7. The molecule has 0 bridgehead atoms. The molecule has 0 amide bonds. The lowest BCUT2D eigenvalue weighted by Gasteiger charge is -2.18. The van der Waals surface area contributed by atoms with E-state index in [0.717, 1.165) is 9.13 Å². The van der Waals surface area contributed by atoms with Gasteiger partial charge >= 0.3 is 5.69 Å². The van der Waals surface area contributed by atoms with E-state index in [0.29, 0.717) is 13.1 Å². The van der Waals surface area contributed by atoms with Gasteiger partial charge in [-0.15, -0.1) is 5.11 Å². The summed E-state index contributed by atoms with van der Waals surface area (Å²) in [4.78, 5) is 24.7. The fourth-order valence-electron chi connectivity index (χ4n) is 2.85. The SMILES string of the molecule is CCN(CC)S(=O)(=O)c1cccc(N=Nc2c(O)n(CC)c(=O)n(CC)c2=O)c1. The molecule has 0 atom stereocenters. The summed E-state index contributed by atoms with van der Waals surface area (Å²) in [5.41, 5.74) is -1.60. The van der Waals surface area contributed by atoms with Crippen molar-refractivity contribution >= 4 is 21.4 Å². The summed E-state index contributed by atoms with van der Waals surface area (Å²) in [6.07, 6.45) is 0. The summed E-state index contributed by atoms with van der Waals surface area (Å²) in [5, 5.41) is 18.0. The van der Waals surface area contributed by atoms with Gasteiger partial charge in [-0.1, -0.05) is 19.9 Å². The van der Waals surface area contributed by atoms with Crippen LogP contribution >= 0.6 is 0 Å². The van der Waals surface area contributed by atoms with Crippen molar-refractivity contribution in [3.8, 4) is 5.88 Å². The highest BCUT2D eigenvalue weighted by atomic mass is 32.2. The largest absolute Gasteiger partial charge is 0.493 e. The molecule has 2 rings (SSSR count). The minimum atomic E-state index is -3.68. The summed E-state index contributed by atoms with van der Waals surface area (Å²) in [5.74, 6) is -0.581. The minimum Gasteiger partial charge on any atom is -0.493 e. The summed E-state index contributed by atoms with van der Waals surface area (Å²) < 4.78 is 28.6. The van der Waals surface area contributed by atoms with E-state index < -0.39 is 27.2 Å². The fraction of sp³-hybridized carbons (Fsp3) is 0.444. The van der Waals surface area contributed by atoms with Gasteiger partial charge in [0.1, 0.15) is 0 Å². The van der Waals surface area contributed by atoms with Crippen LogP contribution in [0.1, 0.15) is 27.7 Å². The molecule has 1 heterocycles. The Morgan fingerprint density at radius 1 is 1.00 bits per heavy atom. The van der Waals surface area contributed by atoms with Gasteiger partial charge in [-0.3, -0.25) is 13.9 Å². The van der Waals surface area contributed by atoms with Crippen LogP contribution in [0.3, 0.4) is 0 Å². The Kier molecular flexibility index (Phi) is 7.09. The lowest BCUT2D eigenvalue weighted by atomic mass is 10.3. The summed E-state index contributed by atoms with van der Waals surface area (Å²) in [7, 11) is -3.68. The van der Waals surface area contributed by atoms with Crippen molar-refractivity contribution < 1.29 is 13.5 Å². The van der Waals surface area contributed by atoms with Crippen molar-refractivity contribution in [3.05, 3.63) is 45.1 Å². The first-order valence-electron chi connectivity index (χ1n) is 9.31. The highest BCUT2D eigenvalue weighted by Crippen LogP contribution is 2.25. The number of nitrogens with zero attached hydrogens (tertiary/aromatic N) is 5. The maximum atomic E-state index is 12.7. The van der Waals surface area contributed by atoms with Gasteiger partial charge in [-0.2, -0.15) is 9.42 Å². The van der Waals surface area contributed by atoms with E-state index in [1.807, 2.05) is 0 Å². The predicted octanol–water partition coefficient (Wildman–Crippen LogP) is 2.20. The summed E-state index contributed by atoms with van der Waals surface area (Å²) in [6.45, 7) is 7.67. The van der Waals surface area contributed by atoms with Gasteiger partial charge < -0.3 is 5.11 Å². The topological polar surface area (TPSA) is 126 Å². The Morgan fingerprint density at radius 3 is 2.17 bits per heavy atom. The number of aromatic nitrogens is 2. The zero-order valence-electron chi connectivity index (χ0n) is 16.9. The molecule has 0 spiro atoms. The van der Waals surface area contributed by atoms with Crippen molar-refractivity contribution in [2.24, 2.45) is 10.2 Å². The van der Waals surface area contributed by atoms with E-state index in [1.54, 1.807) is 27.7 Å². The van der Waals surface area contributed by atoms with E-state index >= 15 is 0 Å². The Labute approximate surface area is 168 Å². The molecule has 0 fully saturated rings. The Hall–Kier alpha value is -2.79. The van der Waals surface area contributed by atoms with Crippen LogP contribution in [0.5, 0.6) is 5.88 Å². The third-order valence-corrected chi connectivity index (χ3v) is 6.48. The number of benzene rings is 1. The molecular formula is C18H25N5O5S. The van der Waals surface area contributed by atoms with Crippen molar-refractivity contribution in [1.29, 1.82) is 0 Å². The zero-order chi connectivity index (χ0) is 21.8. The van der Waals surface area contributed by atoms with E-state index in [9.17, 15) is 23.1 Å². The lowest BCUT2D eigenvalue weighted by Crippen LogP contribution is -2.38. The van der Waals surface area contributed by atoms with Crippen LogP contribution in [0.25, 0.3) is 0 Å². The molecule has 29 heavy (non-hydrogen) atoms. The number of rotatable bonds is 8. The highest BCUT2D eigenvalue weighted by molar-refractivity contribution is 7.89. The first-order valence-corrected chi connectivity index (χ1v) is 10.7. The second-order valence-corrected chi connectivity index (χ2v) is 7.97. The van der Waals surface area contributed by atoms with Gasteiger partial charge in [-0.25, -0.2) is 13.2 Å². The van der Waals surface area contributed by atoms with Gasteiger partial charge in [0.2, 0.25) is 21.6 Å². The first-order chi connectivity index (χ1) is 13.7. The first kappa shape index (κ1) is 22.5.